The van der Waals surface area contributed by atoms with Gasteiger partial charge in [0.05, 0.1) is 24.4 Å². The third kappa shape index (κ3) is 3.34. The van der Waals surface area contributed by atoms with E-state index in [2.05, 4.69) is 10.4 Å². The fourth-order valence-corrected chi connectivity index (χ4v) is 1.18. The number of aryl methyl sites for hydroxylation is 1. The first-order valence-electron chi connectivity index (χ1n) is 4.66. The van der Waals surface area contributed by atoms with Crippen molar-refractivity contribution in [3.05, 3.63) is 18.0 Å². The molecule has 1 aromatic rings. The molecule has 84 valence electrons. The molecular weight excluding hydrogens is 196 g/mol. The molecule has 0 aliphatic carbocycles. The van der Waals surface area contributed by atoms with Crippen molar-refractivity contribution in [3.63, 3.8) is 0 Å². The summed E-state index contributed by atoms with van der Waals surface area (Å²) in [5, 5.41) is 6.67. The van der Waals surface area contributed by atoms with Gasteiger partial charge in [-0.1, -0.05) is 0 Å². The first-order valence-corrected chi connectivity index (χ1v) is 4.66. The molecule has 1 unspecified atom stereocenters. The van der Waals surface area contributed by atoms with E-state index in [1.54, 1.807) is 25.0 Å². The summed E-state index contributed by atoms with van der Waals surface area (Å²) in [5.74, 6) is -0.185. The number of amides is 1. The zero-order chi connectivity index (χ0) is 11.3. The summed E-state index contributed by atoms with van der Waals surface area (Å²) in [6, 6.07) is -0.164. The van der Waals surface area contributed by atoms with Gasteiger partial charge in [0.2, 0.25) is 0 Å². The number of ether oxygens (including phenoxy) is 1. The number of aromatic nitrogens is 2. The Bertz CT molecular complexity index is 324. The maximum absolute atomic E-state index is 11.6. The minimum absolute atomic E-state index is 0.164. The minimum Gasteiger partial charge on any atom is -0.383 e. The Morgan fingerprint density at radius 1 is 1.80 bits per heavy atom. The Kier molecular flexibility index (Phi) is 4.26. The second-order valence-corrected chi connectivity index (χ2v) is 3.26. The molecule has 6 heteroatoms. The number of methoxy groups -OCH3 is 1. The van der Waals surface area contributed by atoms with Crippen molar-refractivity contribution in [2.24, 2.45) is 12.8 Å². The van der Waals surface area contributed by atoms with Gasteiger partial charge in [0.15, 0.2) is 0 Å². The SMILES string of the molecule is COCC(CN)NC(=O)c1cnn(C)c1. The summed E-state index contributed by atoms with van der Waals surface area (Å²) < 4.78 is 6.49. The molecule has 0 saturated heterocycles. The molecule has 15 heavy (non-hydrogen) atoms. The summed E-state index contributed by atoms with van der Waals surface area (Å²) in [5.41, 5.74) is 6.00. The zero-order valence-corrected chi connectivity index (χ0v) is 8.93. The van der Waals surface area contributed by atoms with Crippen LogP contribution in [0.2, 0.25) is 0 Å². The fourth-order valence-electron chi connectivity index (χ4n) is 1.18. The standard InChI is InChI=1S/C9H16N4O2/c1-13-5-7(4-11-13)9(14)12-8(3-10)6-15-2/h4-5,8H,3,6,10H2,1-2H3,(H,12,14). The van der Waals surface area contributed by atoms with Gasteiger partial charge in [-0.3, -0.25) is 9.48 Å². The molecule has 3 N–H and O–H groups in total. The number of hydrogen-bond donors (Lipinski definition) is 2. The Morgan fingerprint density at radius 3 is 3.00 bits per heavy atom. The number of hydrogen-bond acceptors (Lipinski definition) is 4. The molecule has 0 saturated carbocycles. The highest BCUT2D eigenvalue weighted by Gasteiger charge is 2.13. The van der Waals surface area contributed by atoms with Gasteiger partial charge in [-0.2, -0.15) is 5.10 Å². The van der Waals surface area contributed by atoms with E-state index in [0.717, 1.165) is 0 Å². The highest BCUT2D eigenvalue weighted by Crippen LogP contribution is 1.96. The monoisotopic (exact) mass is 212 g/mol. The van der Waals surface area contributed by atoms with Crippen LogP contribution in [-0.2, 0) is 11.8 Å². The van der Waals surface area contributed by atoms with Gasteiger partial charge in [-0.25, -0.2) is 0 Å². The summed E-state index contributed by atoms with van der Waals surface area (Å²) in [4.78, 5) is 11.6. The Morgan fingerprint density at radius 2 is 2.53 bits per heavy atom. The highest BCUT2D eigenvalue weighted by atomic mass is 16.5. The van der Waals surface area contributed by atoms with Gasteiger partial charge in [-0.15, -0.1) is 0 Å². The molecule has 1 aromatic heterocycles. The van der Waals surface area contributed by atoms with Crippen LogP contribution < -0.4 is 11.1 Å². The molecule has 0 spiro atoms. The number of carbonyl (C=O) groups excluding carboxylic acids is 1. The van der Waals surface area contributed by atoms with E-state index < -0.39 is 0 Å². The predicted octanol–water partition coefficient (Wildman–Crippen LogP) is -0.876. The summed E-state index contributed by atoms with van der Waals surface area (Å²) >= 11 is 0. The molecule has 0 aromatic carbocycles. The molecule has 0 fully saturated rings. The van der Waals surface area contributed by atoms with Gasteiger partial charge in [0, 0.05) is 26.9 Å². The van der Waals surface area contributed by atoms with E-state index in [-0.39, 0.29) is 11.9 Å². The van der Waals surface area contributed by atoms with Crippen molar-refractivity contribution >= 4 is 5.91 Å². The molecule has 1 rings (SSSR count). The third-order valence-electron chi connectivity index (χ3n) is 1.95. The van der Waals surface area contributed by atoms with Crippen LogP contribution in [0.5, 0.6) is 0 Å². The first kappa shape index (κ1) is 11.7. The van der Waals surface area contributed by atoms with Gasteiger partial charge in [-0.05, 0) is 0 Å². The van der Waals surface area contributed by atoms with Crippen molar-refractivity contribution in [3.8, 4) is 0 Å². The van der Waals surface area contributed by atoms with Crippen molar-refractivity contribution in [1.82, 2.24) is 15.1 Å². The van der Waals surface area contributed by atoms with Crippen LogP contribution in [0.4, 0.5) is 0 Å². The Labute approximate surface area is 88.4 Å². The second-order valence-electron chi connectivity index (χ2n) is 3.26. The Hall–Kier alpha value is -1.40. The van der Waals surface area contributed by atoms with Crippen molar-refractivity contribution in [2.45, 2.75) is 6.04 Å². The molecular formula is C9H16N4O2. The van der Waals surface area contributed by atoms with E-state index in [9.17, 15) is 4.79 Å². The van der Waals surface area contributed by atoms with E-state index in [1.165, 1.54) is 6.20 Å². The normalized spacial score (nSPS) is 12.5. The van der Waals surface area contributed by atoms with Crippen LogP contribution in [0.3, 0.4) is 0 Å². The summed E-state index contributed by atoms with van der Waals surface area (Å²) in [7, 11) is 3.32. The number of rotatable bonds is 5. The van der Waals surface area contributed by atoms with Gasteiger partial charge >= 0.3 is 0 Å². The van der Waals surface area contributed by atoms with Crippen LogP contribution >= 0.6 is 0 Å². The number of nitrogens with one attached hydrogen (secondary N) is 1. The van der Waals surface area contributed by atoms with Crippen molar-refractivity contribution < 1.29 is 9.53 Å². The smallest absolute Gasteiger partial charge is 0.254 e. The van der Waals surface area contributed by atoms with Gasteiger partial charge < -0.3 is 15.8 Å². The van der Waals surface area contributed by atoms with Gasteiger partial charge in [0.1, 0.15) is 0 Å². The largest absolute Gasteiger partial charge is 0.383 e. The molecule has 1 amide bonds. The zero-order valence-electron chi connectivity index (χ0n) is 8.93. The van der Waals surface area contributed by atoms with Gasteiger partial charge in [0.25, 0.3) is 5.91 Å². The minimum atomic E-state index is -0.185. The van der Waals surface area contributed by atoms with E-state index in [4.69, 9.17) is 10.5 Å². The van der Waals surface area contributed by atoms with Crippen molar-refractivity contribution in [2.75, 3.05) is 20.3 Å². The van der Waals surface area contributed by atoms with Crippen LogP contribution in [-0.4, -0.2) is 42.0 Å². The maximum atomic E-state index is 11.6. The first-order chi connectivity index (χ1) is 7.17. The lowest BCUT2D eigenvalue weighted by Crippen LogP contribution is -2.43. The maximum Gasteiger partial charge on any atom is 0.254 e. The molecule has 6 nitrogen and oxygen atoms in total. The lowest BCUT2D eigenvalue weighted by Gasteiger charge is -2.14. The topological polar surface area (TPSA) is 82.2 Å². The number of carbonyl (C=O) groups is 1. The molecule has 0 bridgehead atoms. The molecule has 0 radical (unpaired) electrons. The molecule has 0 aliphatic rings. The van der Waals surface area contributed by atoms with Crippen LogP contribution in [0.1, 0.15) is 10.4 Å². The van der Waals surface area contributed by atoms with Crippen LogP contribution in [0, 0.1) is 0 Å². The molecule has 1 atom stereocenters. The average Bonchev–Trinajstić information content (AvgIpc) is 2.64. The lowest BCUT2D eigenvalue weighted by molar-refractivity contribution is 0.0900. The second kappa shape index (κ2) is 5.47. The summed E-state index contributed by atoms with van der Waals surface area (Å²) in [6.07, 6.45) is 3.16. The Balaban J connectivity index is 2.54. The highest BCUT2D eigenvalue weighted by molar-refractivity contribution is 5.93. The summed E-state index contributed by atoms with van der Waals surface area (Å²) in [6.45, 7) is 0.752. The molecule has 0 aliphatic heterocycles. The number of nitrogens with two attached hydrogens (primary N) is 1. The predicted molar refractivity (Wildman–Crippen MR) is 55.4 cm³/mol. The fraction of sp³-hybridized carbons (Fsp3) is 0.556. The van der Waals surface area contributed by atoms with E-state index >= 15 is 0 Å². The molecule has 1 heterocycles. The quantitative estimate of drug-likeness (QED) is 0.664. The van der Waals surface area contributed by atoms with Crippen LogP contribution in [0.25, 0.3) is 0 Å². The average molecular weight is 212 g/mol. The van der Waals surface area contributed by atoms with Crippen LogP contribution in [0.15, 0.2) is 12.4 Å². The lowest BCUT2D eigenvalue weighted by atomic mass is 10.2. The van der Waals surface area contributed by atoms with E-state index in [1.807, 2.05) is 0 Å². The van der Waals surface area contributed by atoms with E-state index in [0.29, 0.717) is 18.7 Å². The van der Waals surface area contributed by atoms with Crippen molar-refractivity contribution in [1.29, 1.82) is 0 Å². The third-order valence-corrected chi connectivity index (χ3v) is 1.95. The number of nitrogens with zero attached hydrogens (tertiary/aromatic N) is 2.